The summed E-state index contributed by atoms with van der Waals surface area (Å²) < 4.78 is 2.04. The normalized spacial score (nSPS) is 11.5. The van der Waals surface area contributed by atoms with Crippen LogP contribution in [-0.4, -0.2) is 29.9 Å². The molecule has 0 fully saturated rings. The second-order valence-electron chi connectivity index (χ2n) is 4.77. The smallest absolute Gasteiger partial charge is 0.140 e. The molecule has 1 aromatic rings. The van der Waals surface area contributed by atoms with Gasteiger partial charge in [-0.05, 0) is 57.2 Å². The molecule has 0 bridgehead atoms. The van der Waals surface area contributed by atoms with Gasteiger partial charge in [-0.1, -0.05) is 25.8 Å². The minimum atomic E-state index is 0.803. The average molecular weight is 312 g/mol. The maximum Gasteiger partial charge on any atom is 0.140 e. The van der Waals surface area contributed by atoms with Crippen LogP contribution in [0.3, 0.4) is 0 Å². The van der Waals surface area contributed by atoms with Gasteiger partial charge in [-0.15, -0.1) is 0 Å². The monoisotopic (exact) mass is 312 g/mol. The molecule has 2 N–H and O–H groups in total. The van der Waals surface area contributed by atoms with Crippen LogP contribution in [0.5, 0.6) is 0 Å². The van der Waals surface area contributed by atoms with E-state index < -0.39 is 0 Å². The van der Waals surface area contributed by atoms with Crippen molar-refractivity contribution in [2.24, 2.45) is 10.7 Å². The van der Waals surface area contributed by atoms with Gasteiger partial charge in [0.2, 0.25) is 0 Å². The van der Waals surface area contributed by atoms with E-state index in [0.29, 0.717) is 0 Å². The van der Waals surface area contributed by atoms with Gasteiger partial charge in [-0.25, -0.2) is 4.98 Å². The van der Waals surface area contributed by atoms with E-state index in [2.05, 4.69) is 35.4 Å². The number of hydrogen-bond donors (Lipinski definition) is 1. The Labute approximate surface area is 140 Å². The van der Waals surface area contributed by atoms with Gasteiger partial charge in [-0.3, -0.25) is 9.56 Å². The van der Waals surface area contributed by atoms with Crippen LogP contribution in [-0.2, 0) is 0 Å². The van der Waals surface area contributed by atoms with Crippen molar-refractivity contribution in [2.75, 3.05) is 14.1 Å². The molecule has 1 rings (SSSR count). The van der Waals surface area contributed by atoms with Gasteiger partial charge < -0.3 is 5.73 Å². The molecule has 0 amide bonds. The van der Waals surface area contributed by atoms with E-state index in [1.807, 2.05) is 43.6 Å². The zero-order valence-electron chi connectivity index (χ0n) is 14.9. The Balaban J connectivity index is 0.00000232. The van der Waals surface area contributed by atoms with E-state index in [1.165, 1.54) is 7.05 Å². The van der Waals surface area contributed by atoms with Crippen LogP contribution in [0.25, 0.3) is 23.4 Å². The predicted octanol–water partition coefficient (Wildman–Crippen LogP) is 4.28. The first-order chi connectivity index (χ1) is 11.0. The summed E-state index contributed by atoms with van der Waals surface area (Å²) >= 11 is 0. The molecule has 1 heterocycles. The van der Waals surface area contributed by atoms with E-state index in [0.717, 1.165) is 34.1 Å². The molecule has 124 valence electrons. The van der Waals surface area contributed by atoms with Gasteiger partial charge >= 0.3 is 0 Å². The first kappa shape index (κ1) is 20.5. The molecule has 23 heavy (non-hydrogen) atoms. The molecule has 0 saturated carbocycles. The van der Waals surface area contributed by atoms with Crippen molar-refractivity contribution in [1.82, 2.24) is 9.55 Å². The second kappa shape index (κ2) is 10.3. The molecular weight excluding hydrogens is 284 g/mol. The van der Waals surface area contributed by atoms with E-state index in [-0.39, 0.29) is 0 Å². The lowest BCUT2D eigenvalue weighted by atomic mass is 10.2. The Kier molecular flexibility index (Phi) is 9.20. The van der Waals surface area contributed by atoms with Crippen molar-refractivity contribution in [3.63, 3.8) is 0 Å². The quantitative estimate of drug-likeness (QED) is 0.629. The summed E-state index contributed by atoms with van der Waals surface area (Å²) in [5.74, 6) is 0.803. The second-order valence-corrected chi connectivity index (χ2v) is 4.77. The number of allylic oxidation sites excluding steroid dienone is 5. The largest absolute Gasteiger partial charge is 0.333 e. The third-order valence-electron chi connectivity index (χ3n) is 2.90. The topological polar surface area (TPSA) is 56.2 Å². The molecule has 0 aliphatic heterocycles. The van der Waals surface area contributed by atoms with Crippen molar-refractivity contribution in [2.45, 2.75) is 20.8 Å². The van der Waals surface area contributed by atoms with Crippen molar-refractivity contribution >= 4 is 29.6 Å². The van der Waals surface area contributed by atoms with Crippen molar-refractivity contribution in [3.05, 3.63) is 54.7 Å². The number of nitrogens with zero attached hydrogens (tertiary/aromatic N) is 3. The molecule has 0 spiro atoms. The first-order valence-electron chi connectivity index (χ1n) is 7.38. The van der Waals surface area contributed by atoms with E-state index in [9.17, 15) is 0 Å². The van der Waals surface area contributed by atoms with Crippen molar-refractivity contribution in [1.29, 1.82) is 0 Å². The van der Waals surface area contributed by atoms with Gasteiger partial charge in [0.15, 0.2) is 0 Å². The summed E-state index contributed by atoms with van der Waals surface area (Å²) in [4.78, 5) is 8.65. The maximum absolute atomic E-state index is 4.63. The lowest BCUT2D eigenvalue weighted by Gasteiger charge is -2.14. The average Bonchev–Trinajstić information content (AvgIpc) is 2.89. The summed E-state index contributed by atoms with van der Waals surface area (Å²) in [6, 6.07) is 0. The Morgan fingerprint density at radius 1 is 1.26 bits per heavy atom. The highest BCUT2D eigenvalue weighted by Crippen LogP contribution is 2.27. The third-order valence-corrected chi connectivity index (χ3v) is 2.90. The van der Waals surface area contributed by atoms with Crippen LogP contribution in [0.4, 0.5) is 0 Å². The highest BCUT2D eigenvalue weighted by atomic mass is 15.1. The molecule has 0 unspecified atom stereocenters. The minimum absolute atomic E-state index is 0.803. The van der Waals surface area contributed by atoms with Crippen LogP contribution in [0.15, 0.2) is 42.5 Å². The van der Waals surface area contributed by atoms with Crippen LogP contribution in [0.1, 0.15) is 38.0 Å². The van der Waals surface area contributed by atoms with E-state index in [1.54, 1.807) is 19.3 Å². The minimum Gasteiger partial charge on any atom is -0.333 e. The lowest BCUT2D eigenvalue weighted by molar-refractivity contribution is 1.03. The molecule has 0 atom stereocenters. The van der Waals surface area contributed by atoms with Gasteiger partial charge in [-0.2, -0.15) is 0 Å². The lowest BCUT2D eigenvalue weighted by Crippen LogP contribution is -2.05. The summed E-state index contributed by atoms with van der Waals surface area (Å²) in [5, 5.41) is 0. The molecule has 0 saturated heterocycles. The fourth-order valence-corrected chi connectivity index (χ4v) is 2.00. The van der Waals surface area contributed by atoms with Crippen molar-refractivity contribution in [3.8, 4) is 0 Å². The Hall–Kier alpha value is -2.46. The van der Waals surface area contributed by atoms with Crippen LogP contribution >= 0.6 is 0 Å². The van der Waals surface area contributed by atoms with Crippen LogP contribution in [0.2, 0.25) is 0 Å². The number of aromatic nitrogens is 2. The SMILES string of the molecule is C=Cc1nc(C(=C)C)n(/C(=C/C=NC)C(=C)C)c1/C=C\C.CN. The van der Waals surface area contributed by atoms with Gasteiger partial charge in [0.1, 0.15) is 5.82 Å². The molecule has 1 aromatic heterocycles. The van der Waals surface area contributed by atoms with Gasteiger partial charge in [0.05, 0.1) is 17.1 Å². The van der Waals surface area contributed by atoms with Gasteiger partial charge in [0.25, 0.3) is 0 Å². The molecule has 0 radical (unpaired) electrons. The molecule has 0 aromatic carbocycles. The molecular formula is C19H28N4. The zero-order chi connectivity index (χ0) is 18.0. The fourth-order valence-electron chi connectivity index (χ4n) is 2.00. The van der Waals surface area contributed by atoms with Crippen LogP contribution < -0.4 is 5.73 Å². The summed E-state index contributed by atoms with van der Waals surface area (Å²) in [6.45, 7) is 17.8. The standard InChI is InChI=1S/C18H23N3.CH5N/c1-8-10-17-15(9-2)20-18(14(5)6)21(17)16(13(3)4)11-12-19-7;1-2/h8-12H,2-3,5H2,1,4,6-7H3;2H2,1H3/b10-8-,16-11+,19-12?;. The number of aliphatic imine (C=N–C) groups is 1. The maximum atomic E-state index is 4.63. The third kappa shape index (κ3) is 5.04. The van der Waals surface area contributed by atoms with Crippen LogP contribution in [0, 0.1) is 0 Å². The number of nitrogens with two attached hydrogens (primary N) is 1. The molecule has 0 aliphatic carbocycles. The van der Waals surface area contributed by atoms with Gasteiger partial charge in [0, 0.05) is 13.3 Å². The number of hydrogen-bond acceptors (Lipinski definition) is 3. The number of imidazole rings is 1. The molecule has 4 heteroatoms. The van der Waals surface area contributed by atoms with Crippen molar-refractivity contribution < 1.29 is 0 Å². The molecule has 4 nitrogen and oxygen atoms in total. The highest BCUT2D eigenvalue weighted by molar-refractivity contribution is 5.86. The Morgan fingerprint density at radius 3 is 2.26 bits per heavy atom. The fraction of sp³-hybridized carbons (Fsp3) is 0.263. The zero-order valence-corrected chi connectivity index (χ0v) is 14.9. The summed E-state index contributed by atoms with van der Waals surface area (Å²) in [5.41, 5.74) is 9.04. The molecule has 0 aliphatic rings. The first-order valence-corrected chi connectivity index (χ1v) is 7.38. The summed E-state index contributed by atoms with van der Waals surface area (Å²) in [7, 11) is 3.24. The van der Waals surface area contributed by atoms with E-state index in [4.69, 9.17) is 0 Å². The Morgan fingerprint density at radius 2 is 1.87 bits per heavy atom. The Bertz CT molecular complexity index is 655. The predicted molar refractivity (Wildman–Crippen MR) is 105 cm³/mol. The summed E-state index contributed by atoms with van der Waals surface area (Å²) in [6.07, 6.45) is 9.42. The number of rotatable bonds is 6. The van der Waals surface area contributed by atoms with E-state index >= 15 is 0 Å². The highest BCUT2D eigenvalue weighted by Gasteiger charge is 2.17.